The van der Waals surface area contributed by atoms with Crippen LogP contribution in [0.4, 0.5) is 4.79 Å². The van der Waals surface area contributed by atoms with Crippen LogP contribution in [0, 0.1) is 6.92 Å². The molecule has 2 amide bonds. The third kappa shape index (κ3) is 3.25. The summed E-state index contributed by atoms with van der Waals surface area (Å²) >= 11 is 0. The number of aryl methyl sites for hydroxylation is 1. The summed E-state index contributed by atoms with van der Waals surface area (Å²) in [4.78, 5) is 27.2. The van der Waals surface area contributed by atoms with Crippen LogP contribution in [0.1, 0.15) is 43.8 Å². The summed E-state index contributed by atoms with van der Waals surface area (Å²) in [6.45, 7) is 1.75. The van der Waals surface area contributed by atoms with Crippen LogP contribution in [0.3, 0.4) is 0 Å². The Balaban J connectivity index is 1.90. The Labute approximate surface area is 115 Å². The number of amides is 2. The van der Waals surface area contributed by atoms with Crippen LogP contribution in [0.2, 0.25) is 0 Å². The van der Waals surface area contributed by atoms with E-state index in [9.17, 15) is 14.7 Å². The fourth-order valence-electron chi connectivity index (χ4n) is 2.38. The lowest BCUT2D eigenvalue weighted by Gasteiger charge is -2.33. The van der Waals surface area contributed by atoms with Gasteiger partial charge >= 0.3 is 12.0 Å². The van der Waals surface area contributed by atoms with Gasteiger partial charge in [0.05, 0.1) is 6.54 Å². The minimum atomic E-state index is -1.16. The second-order valence-electron chi connectivity index (χ2n) is 4.99. The standard InChI is InChI=1S/C12H18N4O4/c1-8-14-9(16-20-8)7-13-11(19)15-12(10(17)18)5-3-2-4-6-12/h2-7H2,1H3,(H,17,18)(H2,13,15,19). The molecule has 0 unspecified atom stereocenters. The third-order valence-corrected chi connectivity index (χ3v) is 3.45. The van der Waals surface area contributed by atoms with Gasteiger partial charge in [-0.2, -0.15) is 4.98 Å². The first kappa shape index (κ1) is 14.3. The maximum absolute atomic E-state index is 11.8. The van der Waals surface area contributed by atoms with Crippen LogP contribution in [0.25, 0.3) is 0 Å². The molecule has 0 saturated heterocycles. The van der Waals surface area contributed by atoms with Crippen LogP contribution in [0.15, 0.2) is 4.52 Å². The van der Waals surface area contributed by atoms with Gasteiger partial charge in [-0.1, -0.05) is 24.4 Å². The van der Waals surface area contributed by atoms with E-state index in [0.717, 1.165) is 19.3 Å². The Bertz CT molecular complexity index is 493. The van der Waals surface area contributed by atoms with Gasteiger partial charge in [0, 0.05) is 6.92 Å². The smallest absolute Gasteiger partial charge is 0.329 e. The van der Waals surface area contributed by atoms with Gasteiger partial charge in [-0.15, -0.1) is 0 Å². The van der Waals surface area contributed by atoms with Gasteiger partial charge in [-0.3, -0.25) is 0 Å². The Kier molecular flexibility index (Phi) is 4.21. The number of nitrogens with one attached hydrogen (secondary N) is 2. The molecule has 0 atom stereocenters. The first-order chi connectivity index (χ1) is 9.52. The van der Waals surface area contributed by atoms with Crippen molar-refractivity contribution in [1.29, 1.82) is 0 Å². The predicted octanol–water partition coefficient (Wildman–Crippen LogP) is 0.965. The minimum Gasteiger partial charge on any atom is -0.480 e. The first-order valence-corrected chi connectivity index (χ1v) is 6.60. The van der Waals surface area contributed by atoms with Crippen molar-refractivity contribution in [3.05, 3.63) is 11.7 Å². The number of aliphatic carboxylic acids is 1. The van der Waals surface area contributed by atoms with Gasteiger partial charge in [0.2, 0.25) is 5.89 Å². The van der Waals surface area contributed by atoms with Gasteiger partial charge in [-0.25, -0.2) is 9.59 Å². The Morgan fingerprint density at radius 3 is 2.60 bits per heavy atom. The van der Waals surface area contributed by atoms with Crippen molar-refractivity contribution >= 4 is 12.0 Å². The van der Waals surface area contributed by atoms with E-state index in [1.807, 2.05) is 0 Å². The van der Waals surface area contributed by atoms with Crippen molar-refractivity contribution in [1.82, 2.24) is 20.8 Å². The largest absolute Gasteiger partial charge is 0.480 e. The summed E-state index contributed by atoms with van der Waals surface area (Å²) in [5, 5.41) is 18.1. The maximum Gasteiger partial charge on any atom is 0.329 e. The van der Waals surface area contributed by atoms with E-state index in [-0.39, 0.29) is 6.54 Å². The highest BCUT2D eigenvalue weighted by atomic mass is 16.5. The summed E-state index contributed by atoms with van der Waals surface area (Å²) in [6.07, 6.45) is 3.52. The number of hydrogen-bond acceptors (Lipinski definition) is 5. The average molecular weight is 282 g/mol. The monoisotopic (exact) mass is 282 g/mol. The molecule has 0 bridgehead atoms. The molecule has 1 saturated carbocycles. The van der Waals surface area contributed by atoms with E-state index in [1.54, 1.807) is 6.92 Å². The quantitative estimate of drug-likeness (QED) is 0.757. The van der Waals surface area contributed by atoms with Gasteiger partial charge < -0.3 is 20.3 Å². The highest BCUT2D eigenvalue weighted by Gasteiger charge is 2.40. The SMILES string of the molecule is Cc1nc(CNC(=O)NC2(C(=O)O)CCCCC2)no1. The first-order valence-electron chi connectivity index (χ1n) is 6.60. The zero-order chi connectivity index (χ0) is 14.6. The van der Waals surface area contributed by atoms with E-state index >= 15 is 0 Å². The number of aromatic nitrogens is 2. The number of hydrogen-bond donors (Lipinski definition) is 3. The van der Waals surface area contributed by atoms with Crippen molar-refractivity contribution in [2.75, 3.05) is 0 Å². The molecule has 2 rings (SSSR count). The summed E-state index contributed by atoms with van der Waals surface area (Å²) in [5.41, 5.74) is -1.16. The number of nitrogens with zero attached hydrogens (tertiary/aromatic N) is 2. The molecular formula is C12H18N4O4. The lowest BCUT2D eigenvalue weighted by Crippen LogP contribution is -2.57. The van der Waals surface area contributed by atoms with Gasteiger partial charge in [0.25, 0.3) is 0 Å². The molecule has 20 heavy (non-hydrogen) atoms. The number of carbonyl (C=O) groups is 2. The zero-order valence-electron chi connectivity index (χ0n) is 11.3. The van der Waals surface area contributed by atoms with Crippen LogP contribution in [-0.2, 0) is 11.3 Å². The van der Waals surface area contributed by atoms with Crippen LogP contribution in [-0.4, -0.2) is 32.8 Å². The van der Waals surface area contributed by atoms with E-state index in [4.69, 9.17) is 4.52 Å². The van der Waals surface area contributed by atoms with Crippen molar-refractivity contribution in [3.8, 4) is 0 Å². The second kappa shape index (κ2) is 5.89. The Morgan fingerprint density at radius 1 is 1.35 bits per heavy atom. The molecule has 3 N–H and O–H groups in total. The Hall–Kier alpha value is -2.12. The summed E-state index contributed by atoms with van der Waals surface area (Å²) in [5.74, 6) is -0.218. The van der Waals surface area contributed by atoms with Crippen LogP contribution < -0.4 is 10.6 Å². The molecule has 0 aromatic carbocycles. The summed E-state index contributed by atoms with van der Waals surface area (Å²) in [6, 6.07) is -0.531. The number of rotatable bonds is 4. The maximum atomic E-state index is 11.8. The molecular weight excluding hydrogens is 264 g/mol. The molecule has 1 aromatic heterocycles. The molecule has 1 heterocycles. The highest BCUT2D eigenvalue weighted by molar-refractivity contribution is 5.86. The van der Waals surface area contributed by atoms with Crippen LogP contribution in [0.5, 0.6) is 0 Å². The molecule has 1 aliphatic rings. The molecule has 8 heteroatoms. The molecule has 0 spiro atoms. The summed E-state index contributed by atoms with van der Waals surface area (Å²) in [7, 11) is 0. The topological polar surface area (TPSA) is 117 Å². The zero-order valence-corrected chi connectivity index (χ0v) is 11.3. The van der Waals surface area contributed by atoms with Crippen molar-refractivity contribution < 1.29 is 19.2 Å². The average Bonchev–Trinajstić information content (AvgIpc) is 2.83. The molecule has 8 nitrogen and oxygen atoms in total. The fourth-order valence-corrected chi connectivity index (χ4v) is 2.38. The van der Waals surface area contributed by atoms with Crippen molar-refractivity contribution in [3.63, 3.8) is 0 Å². The molecule has 110 valence electrons. The van der Waals surface area contributed by atoms with Gasteiger partial charge in [0.15, 0.2) is 5.82 Å². The second-order valence-corrected chi connectivity index (χ2v) is 4.99. The fraction of sp³-hybridized carbons (Fsp3) is 0.667. The van der Waals surface area contributed by atoms with Crippen molar-refractivity contribution in [2.24, 2.45) is 0 Å². The van der Waals surface area contributed by atoms with E-state index in [1.165, 1.54) is 0 Å². The molecule has 1 fully saturated rings. The van der Waals surface area contributed by atoms with Crippen molar-refractivity contribution in [2.45, 2.75) is 51.1 Å². The van der Waals surface area contributed by atoms with Crippen LogP contribution >= 0.6 is 0 Å². The van der Waals surface area contributed by atoms with E-state index in [0.29, 0.717) is 24.6 Å². The lowest BCUT2D eigenvalue weighted by atomic mass is 9.82. The van der Waals surface area contributed by atoms with Gasteiger partial charge in [0.1, 0.15) is 5.54 Å². The van der Waals surface area contributed by atoms with E-state index < -0.39 is 17.5 Å². The lowest BCUT2D eigenvalue weighted by molar-refractivity contribution is -0.145. The number of urea groups is 1. The molecule has 0 radical (unpaired) electrons. The van der Waals surface area contributed by atoms with E-state index in [2.05, 4.69) is 20.8 Å². The number of carboxylic acids is 1. The molecule has 0 aliphatic heterocycles. The highest BCUT2D eigenvalue weighted by Crippen LogP contribution is 2.28. The number of carboxylic acid groups (broad SMARTS) is 1. The minimum absolute atomic E-state index is 0.0961. The molecule has 1 aliphatic carbocycles. The normalized spacial score (nSPS) is 17.4. The summed E-state index contributed by atoms with van der Waals surface area (Å²) < 4.78 is 4.78. The van der Waals surface area contributed by atoms with Gasteiger partial charge in [-0.05, 0) is 12.8 Å². The Morgan fingerprint density at radius 2 is 2.05 bits per heavy atom. The number of carbonyl (C=O) groups excluding carboxylic acids is 1. The third-order valence-electron chi connectivity index (χ3n) is 3.45. The molecule has 1 aromatic rings. The predicted molar refractivity (Wildman–Crippen MR) is 67.9 cm³/mol.